The predicted molar refractivity (Wildman–Crippen MR) is 94.7 cm³/mol. The Kier molecular flexibility index (Phi) is 3.09. The van der Waals surface area contributed by atoms with Crippen LogP contribution in [-0.2, 0) is 29.1 Å². The predicted octanol–water partition coefficient (Wildman–Crippen LogP) is 2.08. The van der Waals surface area contributed by atoms with Crippen LogP contribution in [0.1, 0.15) is 35.3 Å². The molecule has 4 heterocycles. The quantitative estimate of drug-likeness (QED) is 0.533. The summed E-state index contributed by atoms with van der Waals surface area (Å²) in [5.74, 6) is -0.721. The molecular weight excluding hydrogens is 332 g/mol. The number of fused-ring (bicyclic) bond motifs is 5. The normalized spacial score (nSPS) is 17.6. The monoisotopic (exact) mass is 348 g/mol. The molecule has 0 aliphatic carbocycles. The summed E-state index contributed by atoms with van der Waals surface area (Å²) in [5, 5.41) is 11.3. The molecule has 2 aromatic heterocycles. The highest BCUT2D eigenvalue weighted by Gasteiger charge is 2.34. The number of aryl methyl sites for hydroxylation is 1. The van der Waals surface area contributed by atoms with Crippen LogP contribution in [0.4, 0.5) is 0 Å². The molecule has 0 unspecified atom stereocenters. The smallest absolute Gasteiger partial charge is 0.340 e. The molecular formula is C20H16N2O4. The number of hydrogen-bond acceptors (Lipinski definition) is 5. The molecule has 26 heavy (non-hydrogen) atoms. The van der Waals surface area contributed by atoms with E-state index in [9.17, 15) is 14.7 Å². The molecule has 5 rings (SSSR count). The SMILES string of the molecule is CCc1c2c(nc3ccccc13)-c1cc3c(c(=O)n1C2)COC(=O)[C@H]3O. The second kappa shape index (κ2) is 5.25. The zero-order valence-corrected chi connectivity index (χ0v) is 14.2. The van der Waals surface area contributed by atoms with E-state index >= 15 is 0 Å². The Hall–Kier alpha value is -2.99. The molecule has 2 aliphatic rings. The van der Waals surface area contributed by atoms with Gasteiger partial charge in [0.2, 0.25) is 0 Å². The van der Waals surface area contributed by atoms with Gasteiger partial charge in [-0.25, -0.2) is 9.78 Å². The number of carbonyl (C=O) groups is 1. The molecule has 0 spiro atoms. The van der Waals surface area contributed by atoms with Gasteiger partial charge in [-0.3, -0.25) is 4.79 Å². The van der Waals surface area contributed by atoms with Crippen molar-refractivity contribution in [2.75, 3.05) is 0 Å². The third-order valence-electron chi connectivity index (χ3n) is 5.34. The summed E-state index contributed by atoms with van der Waals surface area (Å²) in [6, 6.07) is 9.65. The number of nitrogens with zero attached hydrogens (tertiary/aromatic N) is 2. The first-order valence-corrected chi connectivity index (χ1v) is 8.62. The maximum Gasteiger partial charge on any atom is 0.340 e. The fourth-order valence-corrected chi connectivity index (χ4v) is 4.06. The van der Waals surface area contributed by atoms with E-state index in [1.54, 1.807) is 10.6 Å². The number of ether oxygens (including phenoxy) is 1. The number of aliphatic hydroxyl groups is 1. The highest BCUT2D eigenvalue weighted by atomic mass is 16.5. The number of hydrogen-bond donors (Lipinski definition) is 1. The minimum atomic E-state index is -1.42. The van der Waals surface area contributed by atoms with Gasteiger partial charge in [-0.2, -0.15) is 0 Å². The lowest BCUT2D eigenvalue weighted by Crippen LogP contribution is -2.32. The van der Waals surface area contributed by atoms with Crippen LogP contribution in [0.3, 0.4) is 0 Å². The molecule has 0 fully saturated rings. The van der Waals surface area contributed by atoms with Crippen LogP contribution < -0.4 is 5.56 Å². The van der Waals surface area contributed by atoms with Gasteiger partial charge in [0, 0.05) is 16.5 Å². The third-order valence-corrected chi connectivity index (χ3v) is 5.34. The molecule has 2 aliphatic heterocycles. The largest absolute Gasteiger partial charge is 0.458 e. The number of esters is 1. The summed E-state index contributed by atoms with van der Waals surface area (Å²) in [7, 11) is 0. The fourth-order valence-electron chi connectivity index (χ4n) is 4.06. The van der Waals surface area contributed by atoms with Crippen LogP contribution >= 0.6 is 0 Å². The average molecular weight is 348 g/mol. The van der Waals surface area contributed by atoms with E-state index in [1.807, 2.05) is 18.2 Å². The van der Waals surface area contributed by atoms with Crippen molar-refractivity contribution in [1.29, 1.82) is 0 Å². The van der Waals surface area contributed by atoms with E-state index < -0.39 is 12.1 Å². The third kappa shape index (κ3) is 1.87. The van der Waals surface area contributed by atoms with Gasteiger partial charge in [-0.15, -0.1) is 0 Å². The van der Waals surface area contributed by atoms with Crippen LogP contribution in [0.2, 0.25) is 0 Å². The van der Waals surface area contributed by atoms with Crippen molar-refractivity contribution in [3.05, 3.63) is 62.9 Å². The Balaban J connectivity index is 1.84. The van der Waals surface area contributed by atoms with E-state index in [2.05, 4.69) is 13.0 Å². The number of pyridine rings is 2. The maximum absolute atomic E-state index is 13.0. The Labute approximate surface area is 148 Å². The minimum Gasteiger partial charge on any atom is -0.458 e. The molecule has 6 heteroatoms. The topological polar surface area (TPSA) is 81.4 Å². The molecule has 1 atom stereocenters. The van der Waals surface area contributed by atoms with Crippen molar-refractivity contribution in [3.8, 4) is 11.4 Å². The van der Waals surface area contributed by atoms with Gasteiger partial charge in [-0.05, 0) is 24.1 Å². The van der Waals surface area contributed by atoms with Crippen molar-refractivity contribution < 1.29 is 14.6 Å². The molecule has 0 saturated heterocycles. The van der Waals surface area contributed by atoms with Gasteiger partial charge in [0.1, 0.15) is 6.61 Å². The fraction of sp³-hybridized carbons (Fsp3) is 0.250. The van der Waals surface area contributed by atoms with Crippen LogP contribution in [-0.4, -0.2) is 20.6 Å². The molecule has 1 N–H and O–H groups in total. The Morgan fingerprint density at radius 3 is 2.88 bits per heavy atom. The van der Waals surface area contributed by atoms with Gasteiger partial charge < -0.3 is 14.4 Å². The van der Waals surface area contributed by atoms with Gasteiger partial charge in [0.15, 0.2) is 6.10 Å². The number of cyclic esters (lactones) is 1. The summed E-state index contributed by atoms with van der Waals surface area (Å²) in [6.45, 7) is 2.44. The zero-order chi connectivity index (χ0) is 18.0. The lowest BCUT2D eigenvalue weighted by Gasteiger charge is -2.21. The number of aliphatic hydroxyl groups excluding tert-OH is 1. The molecule has 0 saturated carbocycles. The molecule has 130 valence electrons. The van der Waals surface area contributed by atoms with Crippen LogP contribution in [0.25, 0.3) is 22.3 Å². The lowest BCUT2D eigenvalue weighted by atomic mass is 9.97. The Bertz CT molecular complexity index is 1160. The van der Waals surface area contributed by atoms with Gasteiger partial charge in [-0.1, -0.05) is 25.1 Å². The van der Waals surface area contributed by atoms with Crippen molar-refractivity contribution in [2.24, 2.45) is 0 Å². The highest BCUT2D eigenvalue weighted by Crippen LogP contribution is 2.37. The molecule has 0 bridgehead atoms. The minimum absolute atomic E-state index is 0.100. The van der Waals surface area contributed by atoms with E-state index in [0.717, 1.165) is 28.6 Å². The number of carbonyl (C=O) groups excluding carboxylic acids is 1. The van der Waals surface area contributed by atoms with Crippen molar-refractivity contribution >= 4 is 16.9 Å². The van der Waals surface area contributed by atoms with E-state index in [-0.39, 0.29) is 12.2 Å². The molecule has 6 nitrogen and oxygen atoms in total. The van der Waals surface area contributed by atoms with Crippen molar-refractivity contribution in [3.63, 3.8) is 0 Å². The van der Waals surface area contributed by atoms with E-state index in [4.69, 9.17) is 9.72 Å². The van der Waals surface area contributed by atoms with Crippen LogP contribution in [0.5, 0.6) is 0 Å². The van der Waals surface area contributed by atoms with Crippen molar-refractivity contribution in [2.45, 2.75) is 32.6 Å². The first-order chi connectivity index (χ1) is 12.6. The maximum atomic E-state index is 13.0. The average Bonchev–Trinajstić information content (AvgIpc) is 3.02. The van der Waals surface area contributed by atoms with E-state index in [0.29, 0.717) is 23.4 Å². The standard InChI is InChI=1S/C20H16N2O4/c1-2-10-11-5-3-4-6-15(11)21-17-13(10)8-22-16(17)7-12-14(19(22)24)9-26-20(25)18(12)23/h3-7,18,23H,2,8-9H2,1H3/t18-/m0/s1. The molecule has 1 aromatic carbocycles. The van der Waals surface area contributed by atoms with Crippen LogP contribution in [0.15, 0.2) is 35.1 Å². The van der Waals surface area contributed by atoms with Crippen molar-refractivity contribution in [1.82, 2.24) is 9.55 Å². The second-order valence-electron chi connectivity index (χ2n) is 6.65. The first kappa shape index (κ1) is 15.3. The molecule has 0 amide bonds. The Morgan fingerprint density at radius 2 is 2.08 bits per heavy atom. The zero-order valence-electron chi connectivity index (χ0n) is 14.2. The Morgan fingerprint density at radius 1 is 1.27 bits per heavy atom. The number of rotatable bonds is 1. The van der Waals surface area contributed by atoms with Gasteiger partial charge in [0.25, 0.3) is 5.56 Å². The summed E-state index contributed by atoms with van der Waals surface area (Å²) in [4.78, 5) is 29.4. The summed E-state index contributed by atoms with van der Waals surface area (Å²) >= 11 is 0. The van der Waals surface area contributed by atoms with Gasteiger partial charge >= 0.3 is 5.97 Å². The molecule has 0 radical (unpaired) electrons. The number of benzene rings is 1. The summed E-state index contributed by atoms with van der Waals surface area (Å²) in [6.07, 6.45) is -0.592. The van der Waals surface area contributed by atoms with Crippen LogP contribution in [0, 0.1) is 0 Å². The first-order valence-electron chi connectivity index (χ1n) is 8.62. The highest BCUT2D eigenvalue weighted by molar-refractivity contribution is 5.88. The molecule has 3 aromatic rings. The number of para-hydroxylation sites is 1. The second-order valence-corrected chi connectivity index (χ2v) is 6.65. The lowest BCUT2D eigenvalue weighted by molar-refractivity contribution is -0.157. The number of aromatic nitrogens is 2. The van der Waals surface area contributed by atoms with Gasteiger partial charge in [0.05, 0.1) is 29.0 Å². The van der Waals surface area contributed by atoms with E-state index in [1.165, 1.54) is 5.56 Å². The summed E-state index contributed by atoms with van der Waals surface area (Å²) < 4.78 is 6.59. The summed E-state index contributed by atoms with van der Waals surface area (Å²) in [5.41, 5.74) is 4.95.